The first-order chi connectivity index (χ1) is 9.56. The number of carbonyl (C=O) groups excluding carboxylic acids is 2. The van der Waals surface area contributed by atoms with Crippen LogP contribution >= 0.6 is 23.2 Å². The van der Waals surface area contributed by atoms with Crippen LogP contribution in [0.3, 0.4) is 0 Å². The summed E-state index contributed by atoms with van der Waals surface area (Å²) in [4.78, 5) is 25.4. The fourth-order valence-corrected chi connectivity index (χ4v) is 2.45. The van der Waals surface area contributed by atoms with Crippen LogP contribution < -0.4 is 5.32 Å². The van der Waals surface area contributed by atoms with Crippen LogP contribution in [0.5, 0.6) is 0 Å². The standard InChI is InChI=1S/C14H16Cl2N2O2/c15-11-6-5-10(8-12(11)16)17-13(19)9-18-7-3-1-2-4-14(18)20/h5-6,8H,1-4,7,9H2,(H,17,19). The molecule has 6 heteroatoms. The van der Waals surface area contributed by atoms with Gasteiger partial charge in [0.25, 0.3) is 0 Å². The number of halogens is 2. The second-order valence-corrected chi connectivity index (χ2v) is 5.62. The Morgan fingerprint density at radius 3 is 2.75 bits per heavy atom. The summed E-state index contributed by atoms with van der Waals surface area (Å²) in [7, 11) is 0. The molecule has 1 heterocycles. The fourth-order valence-electron chi connectivity index (χ4n) is 2.15. The van der Waals surface area contributed by atoms with Gasteiger partial charge >= 0.3 is 0 Å². The quantitative estimate of drug-likeness (QED) is 0.930. The highest BCUT2D eigenvalue weighted by Gasteiger charge is 2.19. The largest absolute Gasteiger partial charge is 0.333 e. The number of rotatable bonds is 3. The lowest BCUT2D eigenvalue weighted by atomic mass is 10.2. The third kappa shape index (κ3) is 4.12. The zero-order valence-corrected chi connectivity index (χ0v) is 12.5. The van der Waals surface area contributed by atoms with E-state index in [1.807, 2.05) is 0 Å². The summed E-state index contributed by atoms with van der Waals surface area (Å²) in [6, 6.07) is 4.89. The Bertz CT molecular complexity index is 520. The van der Waals surface area contributed by atoms with Crippen molar-refractivity contribution < 1.29 is 9.59 Å². The van der Waals surface area contributed by atoms with E-state index in [9.17, 15) is 9.59 Å². The molecule has 0 spiro atoms. The molecule has 2 rings (SSSR count). The fraction of sp³-hybridized carbons (Fsp3) is 0.429. The molecular weight excluding hydrogens is 299 g/mol. The van der Waals surface area contributed by atoms with E-state index in [-0.39, 0.29) is 18.4 Å². The Hall–Kier alpha value is -1.26. The van der Waals surface area contributed by atoms with Gasteiger partial charge in [-0.2, -0.15) is 0 Å². The lowest BCUT2D eigenvalue weighted by Crippen LogP contribution is -2.37. The van der Waals surface area contributed by atoms with Gasteiger partial charge in [-0.05, 0) is 31.0 Å². The Labute approximate surface area is 128 Å². The molecule has 0 unspecified atom stereocenters. The lowest BCUT2D eigenvalue weighted by Gasteiger charge is -2.19. The number of amides is 2. The van der Waals surface area contributed by atoms with Gasteiger partial charge in [0.05, 0.1) is 16.6 Å². The second-order valence-electron chi connectivity index (χ2n) is 4.80. The molecule has 0 saturated carbocycles. The highest BCUT2D eigenvalue weighted by molar-refractivity contribution is 6.42. The Balaban J connectivity index is 1.94. The molecule has 1 aliphatic rings. The monoisotopic (exact) mass is 314 g/mol. The molecule has 0 aliphatic carbocycles. The number of likely N-dealkylation sites (tertiary alicyclic amines) is 1. The van der Waals surface area contributed by atoms with Crippen LogP contribution in [0.2, 0.25) is 10.0 Å². The van der Waals surface area contributed by atoms with Gasteiger partial charge in [-0.25, -0.2) is 0 Å². The van der Waals surface area contributed by atoms with Crippen molar-refractivity contribution >= 4 is 40.7 Å². The zero-order valence-electron chi connectivity index (χ0n) is 11.0. The van der Waals surface area contributed by atoms with E-state index in [1.165, 1.54) is 0 Å². The maximum atomic E-state index is 12.0. The average molecular weight is 315 g/mol. The first-order valence-corrected chi connectivity index (χ1v) is 7.34. The molecular formula is C14H16Cl2N2O2. The molecule has 4 nitrogen and oxygen atoms in total. The van der Waals surface area contributed by atoms with Gasteiger partial charge in [-0.1, -0.05) is 29.6 Å². The van der Waals surface area contributed by atoms with Crippen molar-refractivity contribution in [1.29, 1.82) is 0 Å². The summed E-state index contributed by atoms with van der Waals surface area (Å²) >= 11 is 11.7. The first kappa shape index (κ1) is 15.1. The summed E-state index contributed by atoms with van der Waals surface area (Å²) in [6.07, 6.45) is 3.42. The number of hydrogen-bond acceptors (Lipinski definition) is 2. The van der Waals surface area contributed by atoms with Gasteiger partial charge in [0.1, 0.15) is 0 Å². The van der Waals surface area contributed by atoms with Crippen molar-refractivity contribution in [1.82, 2.24) is 4.90 Å². The van der Waals surface area contributed by atoms with Crippen LogP contribution in [0.1, 0.15) is 25.7 Å². The molecule has 1 N–H and O–H groups in total. The van der Waals surface area contributed by atoms with Crippen LogP contribution in [0.25, 0.3) is 0 Å². The number of anilines is 1. The highest BCUT2D eigenvalue weighted by atomic mass is 35.5. The molecule has 108 valence electrons. The summed E-state index contributed by atoms with van der Waals surface area (Å²) in [5.74, 6) is -0.176. The van der Waals surface area contributed by atoms with Crippen molar-refractivity contribution in [2.24, 2.45) is 0 Å². The van der Waals surface area contributed by atoms with Crippen molar-refractivity contribution in [3.8, 4) is 0 Å². The molecule has 0 bridgehead atoms. The van der Waals surface area contributed by atoms with Crippen LogP contribution in [-0.2, 0) is 9.59 Å². The third-order valence-electron chi connectivity index (χ3n) is 3.21. The van der Waals surface area contributed by atoms with Crippen molar-refractivity contribution in [3.63, 3.8) is 0 Å². The van der Waals surface area contributed by atoms with Gasteiger partial charge in [0.2, 0.25) is 11.8 Å². The minimum Gasteiger partial charge on any atom is -0.333 e. The van der Waals surface area contributed by atoms with Crippen LogP contribution in [-0.4, -0.2) is 29.8 Å². The van der Waals surface area contributed by atoms with Crippen LogP contribution in [0.4, 0.5) is 5.69 Å². The van der Waals surface area contributed by atoms with E-state index in [2.05, 4.69) is 5.32 Å². The predicted octanol–water partition coefficient (Wildman–Crippen LogP) is 3.33. The predicted molar refractivity (Wildman–Crippen MR) is 80.1 cm³/mol. The summed E-state index contributed by atoms with van der Waals surface area (Å²) in [5, 5.41) is 3.54. The number of nitrogens with one attached hydrogen (secondary N) is 1. The second kappa shape index (κ2) is 6.95. The molecule has 0 atom stereocenters. The van der Waals surface area contributed by atoms with Crippen molar-refractivity contribution in [2.45, 2.75) is 25.7 Å². The Morgan fingerprint density at radius 1 is 1.20 bits per heavy atom. The number of benzene rings is 1. The molecule has 1 aliphatic heterocycles. The topological polar surface area (TPSA) is 49.4 Å². The lowest BCUT2D eigenvalue weighted by molar-refractivity contribution is -0.134. The molecule has 0 radical (unpaired) electrons. The molecule has 2 amide bonds. The highest BCUT2D eigenvalue weighted by Crippen LogP contribution is 2.25. The molecule has 1 aromatic rings. The van der Waals surface area contributed by atoms with E-state index in [0.717, 1.165) is 19.3 Å². The summed E-state index contributed by atoms with van der Waals surface area (Å²) < 4.78 is 0. The molecule has 20 heavy (non-hydrogen) atoms. The third-order valence-corrected chi connectivity index (χ3v) is 3.95. The zero-order chi connectivity index (χ0) is 14.5. The molecule has 1 fully saturated rings. The number of carbonyl (C=O) groups is 2. The van der Waals surface area contributed by atoms with Crippen molar-refractivity contribution in [3.05, 3.63) is 28.2 Å². The Morgan fingerprint density at radius 2 is 2.00 bits per heavy atom. The minimum absolute atomic E-state index is 0.0480. The van der Waals surface area contributed by atoms with Gasteiger partial charge in [-0.15, -0.1) is 0 Å². The van der Waals surface area contributed by atoms with Crippen LogP contribution in [0, 0.1) is 0 Å². The summed E-state index contributed by atoms with van der Waals surface area (Å²) in [6.45, 7) is 0.729. The smallest absolute Gasteiger partial charge is 0.243 e. The van der Waals surface area contributed by atoms with Crippen molar-refractivity contribution in [2.75, 3.05) is 18.4 Å². The van der Waals surface area contributed by atoms with E-state index < -0.39 is 0 Å². The normalized spacial score (nSPS) is 15.9. The molecule has 1 aromatic carbocycles. The SMILES string of the molecule is O=C(CN1CCCCCC1=O)Nc1ccc(Cl)c(Cl)c1. The summed E-state index contributed by atoms with van der Waals surface area (Å²) in [5.41, 5.74) is 0.576. The van der Waals surface area contributed by atoms with Gasteiger partial charge < -0.3 is 10.2 Å². The van der Waals surface area contributed by atoms with E-state index in [0.29, 0.717) is 28.7 Å². The van der Waals surface area contributed by atoms with E-state index >= 15 is 0 Å². The maximum Gasteiger partial charge on any atom is 0.243 e. The maximum absolute atomic E-state index is 12.0. The first-order valence-electron chi connectivity index (χ1n) is 6.59. The minimum atomic E-state index is -0.223. The average Bonchev–Trinajstić information content (AvgIpc) is 2.59. The Kier molecular flexibility index (Phi) is 5.26. The number of hydrogen-bond donors (Lipinski definition) is 1. The van der Waals surface area contributed by atoms with Gasteiger partial charge in [0.15, 0.2) is 0 Å². The number of nitrogens with zero attached hydrogens (tertiary/aromatic N) is 1. The van der Waals surface area contributed by atoms with Gasteiger partial charge in [0, 0.05) is 18.7 Å². The van der Waals surface area contributed by atoms with Gasteiger partial charge in [-0.3, -0.25) is 9.59 Å². The molecule has 1 saturated heterocycles. The van der Waals surface area contributed by atoms with E-state index in [1.54, 1.807) is 23.1 Å². The molecule has 0 aromatic heterocycles. The van der Waals surface area contributed by atoms with Crippen LogP contribution in [0.15, 0.2) is 18.2 Å². The van der Waals surface area contributed by atoms with E-state index in [4.69, 9.17) is 23.2 Å².